The number of carboxylic acid groups (broad SMARTS) is 1. The van der Waals surface area contributed by atoms with Crippen molar-refractivity contribution in [2.24, 2.45) is 11.8 Å². The minimum atomic E-state index is -0.768. The predicted molar refractivity (Wildman–Crippen MR) is 69.1 cm³/mol. The first kappa shape index (κ1) is 14.4. The summed E-state index contributed by atoms with van der Waals surface area (Å²) in [5.74, 6) is -0.137. The molecule has 0 bridgehead atoms. The van der Waals surface area contributed by atoms with E-state index in [0.29, 0.717) is 19.3 Å². The summed E-state index contributed by atoms with van der Waals surface area (Å²) in [6, 6.07) is 0.179. The molecular weight excluding hydrogens is 238 g/mol. The van der Waals surface area contributed by atoms with Gasteiger partial charge in [-0.15, -0.1) is 0 Å². The van der Waals surface area contributed by atoms with Crippen molar-refractivity contribution < 1.29 is 14.7 Å². The van der Waals surface area contributed by atoms with Crippen LogP contribution in [0.15, 0.2) is 0 Å². The Morgan fingerprint density at radius 1 is 1.41 bits per heavy atom. The Labute approximate surface area is 107 Å². The number of nitrogens with one attached hydrogen (secondary N) is 1. The minimum Gasteiger partial charge on any atom is -0.481 e. The summed E-state index contributed by atoms with van der Waals surface area (Å²) < 4.78 is 0. The number of aliphatic carboxylic acids is 1. The molecule has 1 aliphatic carbocycles. The zero-order valence-electron chi connectivity index (χ0n) is 10.4. The lowest BCUT2D eigenvalue weighted by Crippen LogP contribution is -2.37. The first-order valence-corrected chi connectivity index (χ1v) is 7.46. The molecule has 0 saturated heterocycles. The van der Waals surface area contributed by atoms with Gasteiger partial charge in [-0.1, -0.05) is 0 Å². The third kappa shape index (κ3) is 4.58. The molecule has 1 aliphatic rings. The highest BCUT2D eigenvalue weighted by atomic mass is 32.2. The molecule has 0 aliphatic heterocycles. The van der Waals surface area contributed by atoms with Crippen molar-refractivity contribution in [3.8, 4) is 0 Å². The van der Waals surface area contributed by atoms with Crippen LogP contribution >= 0.6 is 11.8 Å². The smallest absolute Gasteiger partial charge is 0.306 e. The van der Waals surface area contributed by atoms with Gasteiger partial charge in [-0.2, -0.15) is 11.8 Å². The molecule has 1 amide bonds. The van der Waals surface area contributed by atoms with Crippen LogP contribution in [0.3, 0.4) is 0 Å². The molecule has 1 rings (SSSR count). The second-order valence-corrected chi connectivity index (χ2v) is 5.72. The highest BCUT2D eigenvalue weighted by Crippen LogP contribution is 2.31. The van der Waals surface area contributed by atoms with E-state index in [9.17, 15) is 9.59 Å². The number of thioether (sulfide) groups is 1. The van der Waals surface area contributed by atoms with Gasteiger partial charge < -0.3 is 10.4 Å². The average Bonchev–Trinajstić information content (AvgIpc) is 2.75. The summed E-state index contributed by atoms with van der Waals surface area (Å²) in [4.78, 5) is 22.7. The number of carbonyl (C=O) groups excluding carboxylic acids is 1. The Morgan fingerprint density at radius 3 is 2.59 bits per heavy atom. The van der Waals surface area contributed by atoms with Gasteiger partial charge in [0, 0.05) is 12.0 Å². The molecular formula is C12H21NO3S. The van der Waals surface area contributed by atoms with Crippen molar-refractivity contribution in [2.45, 2.75) is 38.6 Å². The SMILES string of the molecule is CSCCC(C)NC(=O)[C@@H]1CC[C@H](C(=O)O)C1. The summed E-state index contributed by atoms with van der Waals surface area (Å²) in [6.07, 6.45) is 4.84. The summed E-state index contributed by atoms with van der Waals surface area (Å²) in [5.41, 5.74) is 0. The quantitative estimate of drug-likeness (QED) is 0.762. The maximum Gasteiger partial charge on any atom is 0.306 e. The van der Waals surface area contributed by atoms with E-state index in [1.807, 2.05) is 13.2 Å². The summed E-state index contributed by atoms with van der Waals surface area (Å²) in [7, 11) is 0. The van der Waals surface area contributed by atoms with Crippen LogP contribution in [-0.2, 0) is 9.59 Å². The molecule has 3 atom stereocenters. The lowest BCUT2D eigenvalue weighted by atomic mass is 10.0. The minimum absolute atomic E-state index is 0.0300. The summed E-state index contributed by atoms with van der Waals surface area (Å²) in [5, 5.41) is 11.8. The molecule has 0 spiro atoms. The average molecular weight is 259 g/mol. The fourth-order valence-electron chi connectivity index (χ4n) is 2.17. The molecule has 0 aromatic heterocycles. The Kier molecular flexibility index (Phi) is 5.82. The highest BCUT2D eigenvalue weighted by molar-refractivity contribution is 7.98. The third-order valence-electron chi connectivity index (χ3n) is 3.30. The molecule has 1 fully saturated rings. The van der Waals surface area contributed by atoms with Gasteiger partial charge in [-0.05, 0) is 44.6 Å². The first-order chi connectivity index (χ1) is 8.04. The zero-order valence-corrected chi connectivity index (χ0v) is 11.3. The first-order valence-electron chi connectivity index (χ1n) is 6.06. The number of carbonyl (C=O) groups is 2. The summed E-state index contributed by atoms with van der Waals surface area (Å²) >= 11 is 1.76. The molecule has 1 unspecified atom stereocenters. The molecule has 0 aromatic carbocycles. The van der Waals surface area contributed by atoms with Crippen LogP contribution in [0.1, 0.15) is 32.6 Å². The van der Waals surface area contributed by atoms with E-state index in [1.165, 1.54) is 0 Å². The Balaban J connectivity index is 2.31. The van der Waals surface area contributed by atoms with Gasteiger partial charge in [0.15, 0.2) is 0 Å². The molecule has 0 radical (unpaired) electrons. The molecule has 5 heteroatoms. The second-order valence-electron chi connectivity index (χ2n) is 4.74. The van der Waals surface area contributed by atoms with Crippen molar-refractivity contribution in [1.82, 2.24) is 5.32 Å². The van der Waals surface area contributed by atoms with Crippen LogP contribution in [0, 0.1) is 11.8 Å². The zero-order chi connectivity index (χ0) is 12.8. The Morgan fingerprint density at radius 2 is 2.06 bits per heavy atom. The Bertz CT molecular complexity index is 283. The number of rotatable bonds is 6. The van der Waals surface area contributed by atoms with E-state index in [1.54, 1.807) is 11.8 Å². The highest BCUT2D eigenvalue weighted by Gasteiger charge is 2.33. The van der Waals surface area contributed by atoms with Crippen molar-refractivity contribution in [1.29, 1.82) is 0 Å². The van der Waals surface area contributed by atoms with Gasteiger partial charge in [-0.3, -0.25) is 9.59 Å². The molecule has 0 aromatic rings. The van der Waals surface area contributed by atoms with Crippen molar-refractivity contribution in [3.63, 3.8) is 0 Å². The largest absolute Gasteiger partial charge is 0.481 e. The molecule has 17 heavy (non-hydrogen) atoms. The fourth-order valence-corrected chi connectivity index (χ4v) is 2.76. The van der Waals surface area contributed by atoms with Crippen LogP contribution in [-0.4, -0.2) is 35.0 Å². The van der Waals surface area contributed by atoms with Gasteiger partial charge >= 0.3 is 5.97 Å². The van der Waals surface area contributed by atoms with Crippen molar-refractivity contribution >= 4 is 23.6 Å². The molecule has 98 valence electrons. The van der Waals surface area contributed by atoms with Gasteiger partial charge in [0.1, 0.15) is 0 Å². The van der Waals surface area contributed by atoms with Crippen molar-refractivity contribution in [3.05, 3.63) is 0 Å². The van der Waals surface area contributed by atoms with Gasteiger partial charge in [0.05, 0.1) is 5.92 Å². The van der Waals surface area contributed by atoms with E-state index in [2.05, 4.69) is 5.32 Å². The van der Waals surface area contributed by atoms with Gasteiger partial charge in [-0.25, -0.2) is 0 Å². The van der Waals surface area contributed by atoms with E-state index < -0.39 is 5.97 Å². The normalized spacial score (nSPS) is 25.5. The lowest BCUT2D eigenvalue weighted by Gasteiger charge is -2.16. The number of amides is 1. The van der Waals surface area contributed by atoms with Crippen LogP contribution < -0.4 is 5.32 Å². The molecule has 2 N–H and O–H groups in total. The summed E-state index contributed by atoms with van der Waals surface area (Å²) in [6.45, 7) is 2.00. The Hall–Kier alpha value is -0.710. The van der Waals surface area contributed by atoms with Crippen LogP contribution in [0.2, 0.25) is 0 Å². The number of carboxylic acids is 1. The lowest BCUT2D eigenvalue weighted by molar-refractivity contribution is -0.141. The molecule has 0 heterocycles. The standard InChI is InChI=1S/C12H21NO3S/c1-8(5-6-17-2)13-11(14)9-3-4-10(7-9)12(15)16/h8-10H,3-7H2,1-2H3,(H,13,14)(H,15,16)/t8?,9-,10+/m1/s1. The van der Waals surface area contributed by atoms with Crippen LogP contribution in [0.5, 0.6) is 0 Å². The monoisotopic (exact) mass is 259 g/mol. The fraction of sp³-hybridized carbons (Fsp3) is 0.833. The van der Waals surface area contributed by atoms with Gasteiger partial charge in [0.2, 0.25) is 5.91 Å². The topological polar surface area (TPSA) is 66.4 Å². The number of hydrogen-bond donors (Lipinski definition) is 2. The molecule has 1 saturated carbocycles. The second kappa shape index (κ2) is 6.89. The van der Waals surface area contributed by atoms with E-state index in [0.717, 1.165) is 12.2 Å². The van der Waals surface area contributed by atoms with E-state index in [-0.39, 0.29) is 23.8 Å². The number of hydrogen-bond acceptors (Lipinski definition) is 3. The van der Waals surface area contributed by atoms with Gasteiger partial charge in [0.25, 0.3) is 0 Å². The molecule has 4 nitrogen and oxygen atoms in total. The maximum atomic E-state index is 11.9. The maximum absolute atomic E-state index is 11.9. The third-order valence-corrected chi connectivity index (χ3v) is 3.94. The van der Waals surface area contributed by atoms with E-state index >= 15 is 0 Å². The van der Waals surface area contributed by atoms with Crippen LogP contribution in [0.25, 0.3) is 0 Å². The predicted octanol–water partition coefficient (Wildman–Crippen LogP) is 1.75. The van der Waals surface area contributed by atoms with Crippen LogP contribution in [0.4, 0.5) is 0 Å². The van der Waals surface area contributed by atoms with E-state index in [4.69, 9.17) is 5.11 Å². The van der Waals surface area contributed by atoms with Crippen molar-refractivity contribution in [2.75, 3.05) is 12.0 Å².